The van der Waals surface area contributed by atoms with Crippen LogP contribution in [-0.4, -0.2) is 12.6 Å². The first kappa shape index (κ1) is 18.5. The van der Waals surface area contributed by atoms with Crippen LogP contribution in [0.25, 0.3) is 0 Å². The molecule has 0 aliphatic rings. The minimum Gasteiger partial charge on any atom is -0.465 e. The lowest BCUT2D eigenvalue weighted by molar-refractivity contribution is -0.149. The molecule has 0 amide bonds. The van der Waals surface area contributed by atoms with E-state index in [4.69, 9.17) is 4.74 Å². The summed E-state index contributed by atoms with van der Waals surface area (Å²) in [4.78, 5) is 12.1. The summed E-state index contributed by atoms with van der Waals surface area (Å²) in [6, 6.07) is 0. The average molecular weight is 270 g/mol. The van der Waals surface area contributed by atoms with Gasteiger partial charge in [-0.1, -0.05) is 72.1 Å². The minimum absolute atomic E-state index is 0.0586. The molecule has 0 bridgehead atoms. The molecule has 0 saturated carbocycles. The Hall–Kier alpha value is -0.530. The molecule has 0 heterocycles. The van der Waals surface area contributed by atoms with E-state index in [0.29, 0.717) is 6.61 Å². The van der Waals surface area contributed by atoms with Crippen LogP contribution in [0.1, 0.15) is 91.4 Å². The van der Waals surface area contributed by atoms with E-state index in [9.17, 15) is 4.79 Å². The molecule has 2 heteroatoms. The van der Waals surface area contributed by atoms with Gasteiger partial charge in [0.2, 0.25) is 0 Å². The minimum atomic E-state index is 0.0586. The second kappa shape index (κ2) is 13.9. The van der Waals surface area contributed by atoms with Gasteiger partial charge in [-0.15, -0.1) is 0 Å². The third-order valence-corrected chi connectivity index (χ3v) is 3.64. The van der Waals surface area contributed by atoms with Crippen LogP contribution in [-0.2, 0) is 9.53 Å². The number of carbonyl (C=O) groups is 1. The van der Waals surface area contributed by atoms with Crippen LogP contribution in [0.3, 0.4) is 0 Å². The molecule has 0 atom stereocenters. The van der Waals surface area contributed by atoms with Gasteiger partial charge in [-0.2, -0.15) is 0 Å². The van der Waals surface area contributed by atoms with Crippen molar-refractivity contribution in [1.82, 2.24) is 0 Å². The monoisotopic (exact) mass is 270 g/mol. The summed E-state index contributed by atoms with van der Waals surface area (Å²) in [6.45, 7) is 7.19. The highest BCUT2D eigenvalue weighted by atomic mass is 16.5. The highest BCUT2D eigenvalue weighted by Gasteiger charge is 2.18. The van der Waals surface area contributed by atoms with E-state index in [-0.39, 0.29) is 11.9 Å². The topological polar surface area (TPSA) is 26.3 Å². The van der Waals surface area contributed by atoms with E-state index in [1.165, 1.54) is 32.1 Å². The normalized spacial score (nSPS) is 10.9. The predicted molar refractivity (Wildman–Crippen MR) is 82.3 cm³/mol. The van der Waals surface area contributed by atoms with Gasteiger partial charge in [-0.3, -0.25) is 4.79 Å². The van der Waals surface area contributed by atoms with Crippen molar-refractivity contribution in [2.45, 2.75) is 91.4 Å². The fourth-order valence-electron chi connectivity index (χ4n) is 2.30. The number of hydrogen-bond acceptors (Lipinski definition) is 2. The molecule has 0 saturated heterocycles. The zero-order valence-corrected chi connectivity index (χ0v) is 13.4. The number of esters is 1. The third kappa shape index (κ3) is 11.0. The number of rotatable bonds is 13. The van der Waals surface area contributed by atoms with Gasteiger partial charge in [0.05, 0.1) is 12.5 Å². The molecule has 0 aliphatic carbocycles. The van der Waals surface area contributed by atoms with E-state index in [1.54, 1.807) is 0 Å². The molecule has 0 aliphatic heterocycles. The summed E-state index contributed by atoms with van der Waals surface area (Å²) in [7, 11) is 0. The second-order valence-electron chi connectivity index (χ2n) is 5.56. The largest absolute Gasteiger partial charge is 0.465 e. The van der Waals surface area contributed by atoms with Gasteiger partial charge in [0.1, 0.15) is 0 Å². The van der Waals surface area contributed by atoms with E-state index in [2.05, 4.69) is 20.8 Å². The molecular formula is C17H34O2. The molecule has 0 N–H and O–H groups in total. The van der Waals surface area contributed by atoms with Gasteiger partial charge >= 0.3 is 5.97 Å². The van der Waals surface area contributed by atoms with E-state index in [1.807, 2.05) is 0 Å². The third-order valence-electron chi connectivity index (χ3n) is 3.64. The molecule has 0 aromatic heterocycles. The average Bonchev–Trinajstić information content (AvgIpc) is 2.42. The zero-order valence-electron chi connectivity index (χ0n) is 13.4. The maximum Gasteiger partial charge on any atom is 0.308 e. The smallest absolute Gasteiger partial charge is 0.308 e. The van der Waals surface area contributed by atoms with Crippen LogP contribution in [0.5, 0.6) is 0 Å². The summed E-state index contributed by atoms with van der Waals surface area (Å²) in [5, 5.41) is 0. The lowest BCUT2D eigenvalue weighted by atomic mass is 9.95. The molecule has 0 radical (unpaired) electrons. The summed E-state index contributed by atoms with van der Waals surface area (Å²) in [5.41, 5.74) is 0. The molecule has 2 nitrogen and oxygen atoms in total. The van der Waals surface area contributed by atoms with Crippen LogP contribution >= 0.6 is 0 Å². The van der Waals surface area contributed by atoms with Gasteiger partial charge < -0.3 is 4.74 Å². The molecule has 0 aromatic rings. The first-order valence-corrected chi connectivity index (χ1v) is 8.42. The molecule has 0 aromatic carbocycles. The summed E-state index contributed by atoms with van der Waals surface area (Å²) >= 11 is 0. The Morgan fingerprint density at radius 2 is 1.26 bits per heavy atom. The van der Waals surface area contributed by atoms with Gasteiger partial charge in [0, 0.05) is 0 Å². The SMILES string of the molecule is CCCCCOC(=O)C(CCCCC)CCCCC. The van der Waals surface area contributed by atoms with E-state index < -0.39 is 0 Å². The predicted octanol–water partition coefficient (Wildman–Crippen LogP) is 5.50. The Bertz CT molecular complexity index is 191. The van der Waals surface area contributed by atoms with Gasteiger partial charge in [0.25, 0.3) is 0 Å². The van der Waals surface area contributed by atoms with Gasteiger partial charge in [-0.05, 0) is 19.3 Å². The van der Waals surface area contributed by atoms with Crippen LogP contribution in [0.4, 0.5) is 0 Å². The molecule has 0 rings (SSSR count). The fourth-order valence-corrected chi connectivity index (χ4v) is 2.30. The second-order valence-corrected chi connectivity index (χ2v) is 5.56. The summed E-state index contributed by atoms with van der Waals surface area (Å²) in [5.74, 6) is 0.211. The van der Waals surface area contributed by atoms with Crippen LogP contribution in [0.15, 0.2) is 0 Å². The number of unbranched alkanes of at least 4 members (excludes halogenated alkanes) is 6. The maximum atomic E-state index is 12.1. The van der Waals surface area contributed by atoms with Crippen molar-refractivity contribution in [3.8, 4) is 0 Å². The standard InChI is InChI=1S/C17H34O2/c1-4-7-10-13-16(14-11-8-5-2)17(18)19-15-12-9-6-3/h16H,4-15H2,1-3H3. The Balaban J connectivity index is 3.94. The highest BCUT2D eigenvalue weighted by molar-refractivity contribution is 5.72. The molecular weight excluding hydrogens is 236 g/mol. The van der Waals surface area contributed by atoms with Crippen molar-refractivity contribution in [3.63, 3.8) is 0 Å². The summed E-state index contributed by atoms with van der Waals surface area (Å²) in [6.07, 6.45) is 12.6. The Morgan fingerprint density at radius 1 is 0.789 bits per heavy atom. The Labute approximate surface area is 120 Å². The number of hydrogen-bond donors (Lipinski definition) is 0. The van der Waals surface area contributed by atoms with Crippen molar-refractivity contribution in [2.75, 3.05) is 6.61 Å². The van der Waals surface area contributed by atoms with Crippen LogP contribution < -0.4 is 0 Å². The number of carbonyl (C=O) groups excluding carboxylic acids is 1. The summed E-state index contributed by atoms with van der Waals surface area (Å²) < 4.78 is 5.43. The lowest BCUT2D eigenvalue weighted by Gasteiger charge is -2.15. The lowest BCUT2D eigenvalue weighted by Crippen LogP contribution is -2.18. The molecule has 114 valence electrons. The van der Waals surface area contributed by atoms with Crippen molar-refractivity contribution in [2.24, 2.45) is 5.92 Å². The van der Waals surface area contributed by atoms with Crippen molar-refractivity contribution >= 4 is 5.97 Å². The highest BCUT2D eigenvalue weighted by Crippen LogP contribution is 2.19. The van der Waals surface area contributed by atoms with Crippen molar-refractivity contribution < 1.29 is 9.53 Å². The first-order chi connectivity index (χ1) is 9.26. The molecule has 19 heavy (non-hydrogen) atoms. The zero-order chi connectivity index (χ0) is 14.3. The van der Waals surface area contributed by atoms with E-state index >= 15 is 0 Å². The number of ether oxygens (including phenoxy) is 1. The Kier molecular flexibility index (Phi) is 13.5. The van der Waals surface area contributed by atoms with Gasteiger partial charge in [-0.25, -0.2) is 0 Å². The maximum absolute atomic E-state index is 12.1. The van der Waals surface area contributed by atoms with Crippen LogP contribution in [0.2, 0.25) is 0 Å². The molecule has 0 fully saturated rings. The molecule has 0 unspecified atom stereocenters. The fraction of sp³-hybridized carbons (Fsp3) is 0.941. The molecule has 0 spiro atoms. The first-order valence-electron chi connectivity index (χ1n) is 8.42. The van der Waals surface area contributed by atoms with E-state index in [0.717, 1.165) is 38.5 Å². The van der Waals surface area contributed by atoms with Crippen molar-refractivity contribution in [3.05, 3.63) is 0 Å². The van der Waals surface area contributed by atoms with Crippen molar-refractivity contribution in [1.29, 1.82) is 0 Å². The van der Waals surface area contributed by atoms with Crippen LogP contribution in [0, 0.1) is 5.92 Å². The Morgan fingerprint density at radius 3 is 1.74 bits per heavy atom. The van der Waals surface area contributed by atoms with Gasteiger partial charge in [0.15, 0.2) is 0 Å². The quantitative estimate of drug-likeness (QED) is 0.326.